The molecule has 7 heteroatoms. The van der Waals surface area contributed by atoms with Crippen LogP contribution in [0.5, 0.6) is 0 Å². The van der Waals surface area contributed by atoms with Gasteiger partial charge in [0.1, 0.15) is 0 Å². The number of methoxy groups -OCH3 is 1. The van der Waals surface area contributed by atoms with Crippen molar-refractivity contribution in [2.45, 2.75) is 32.7 Å². The van der Waals surface area contributed by atoms with Gasteiger partial charge in [-0.25, -0.2) is 4.90 Å². The van der Waals surface area contributed by atoms with E-state index in [0.29, 0.717) is 18.5 Å². The molecule has 2 aliphatic carbocycles. The van der Waals surface area contributed by atoms with Gasteiger partial charge in [-0.2, -0.15) is 0 Å². The number of fused-ring (bicyclic) bond motifs is 1. The van der Waals surface area contributed by atoms with Crippen LogP contribution < -0.4 is 4.90 Å². The smallest absolute Gasteiger partial charge is 0.313 e. The maximum Gasteiger partial charge on any atom is 0.313 e. The third-order valence-corrected chi connectivity index (χ3v) is 8.21. The Kier molecular flexibility index (Phi) is 4.20. The molecule has 2 bridgehead atoms. The van der Waals surface area contributed by atoms with Gasteiger partial charge in [-0.15, -0.1) is 0 Å². The second kappa shape index (κ2) is 6.52. The summed E-state index contributed by atoms with van der Waals surface area (Å²) in [6.07, 6.45) is 0.989. The number of allylic oxidation sites excluding steroid dienone is 2. The number of benzene rings is 1. The van der Waals surface area contributed by atoms with Gasteiger partial charge in [-0.1, -0.05) is 29.3 Å². The number of nitrogens with zero attached hydrogens (tertiary/aromatic N) is 2. The summed E-state index contributed by atoms with van der Waals surface area (Å²) in [5.74, 6) is -4.00. The van der Waals surface area contributed by atoms with Crippen LogP contribution in [0.15, 0.2) is 41.5 Å². The molecule has 6 atom stereocenters. The van der Waals surface area contributed by atoms with Gasteiger partial charge in [0, 0.05) is 19.0 Å². The highest BCUT2D eigenvalue weighted by atomic mass is 16.5. The van der Waals surface area contributed by atoms with Gasteiger partial charge in [-0.05, 0) is 38.8 Å². The molecule has 0 aromatic heterocycles. The van der Waals surface area contributed by atoms with E-state index in [0.717, 1.165) is 5.57 Å². The number of ether oxygens (including phenoxy) is 1. The average molecular weight is 422 g/mol. The van der Waals surface area contributed by atoms with Crippen LogP contribution in [0, 0.1) is 29.1 Å². The molecule has 5 aliphatic rings. The summed E-state index contributed by atoms with van der Waals surface area (Å²) in [7, 11) is 3.03. The van der Waals surface area contributed by atoms with Gasteiger partial charge in [0.15, 0.2) is 0 Å². The van der Waals surface area contributed by atoms with Gasteiger partial charge in [0.25, 0.3) is 0 Å². The highest BCUT2D eigenvalue weighted by Crippen LogP contribution is 2.65. The molecule has 31 heavy (non-hydrogen) atoms. The molecule has 162 valence electrons. The fraction of sp³-hybridized carbons (Fsp3) is 0.500. The standard InChI is InChI=1S/C24H26N2O5/c1-12-10-15-19-17-16(20(27)26(21(17)28)14-8-6-5-7-9-14)18(22(29)25(19)3)24(15,11-13(12)2)23(30)31-4/h5-9,15-19H,10-11H2,1-4H3/t15-,16-,17-,18+,19+,24-/m1/s1. The Labute approximate surface area is 181 Å². The quantitative estimate of drug-likeness (QED) is 0.414. The van der Waals surface area contributed by atoms with E-state index < -0.39 is 35.2 Å². The number of carbonyl (C=O) groups is 4. The third kappa shape index (κ3) is 2.29. The molecule has 7 nitrogen and oxygen atoms in total. The number of amides is 3. The first-order chi connectivity index (χ1) is 14.8. The molecule has 0 radical (unpaired) electrons. The lowest BCUT2D eigenvalue weighted by molar-refractivity contribution is -0.204. The van der Waals surface area contributed by atoms with E-state index in [1.54, 1.807) is 36.2 Å². The second-order valence-electron chi connectivity index (χ2n) is 9.40. The van der Waals surface area contributed by atoms with Crippen molar-refractivity contribution in [2.75, 3.05) is 19.1 Å². The predicted octanol–water partition coefficient (Wildman–Crippen LogP) is 2.17. The number of imide groups is 1. The van der Waals surface area contributed by atoms with Crippen LogP contribution in [0.1, 0.15) is 26.7 Å². The number of anilines is 1. The Morgan fingerprint density at radius 3 is 2.29 bits per heavy atom. The maximum absolute atomic E-state index is 13.6. The monoisotopic (exact) mass is 422 g/mol. The Morgan fingerprint density at radius 1 is 1.00 bits per heavy atom. The van der Waals surface area contributed by atoms with E-state index in [4.69, 9.17) is 4.74 Å². The van der Waals surface area contributed by atoms with Crippen molar-refractivity contribution in [1.82, 2.24) is 4.90 Å². The zero-order chi connectivity index (χ0) is 22.2. The summed E-state index contributed by atoms with van der Waals surface area (Å²) in [6, 6.07) is 8.29. The molecule has 3 heterocycles. The largest absolute Gasteiger partial charge is 0.469 e. The minimum atomic E-state index is -1.11. The minimum absolute atomic E-state index is 0.240. The molecule has 0 unspecified atom stereocenters. The highest BCUT2D eigenvalue weighted by molar-refractivity contribution is 6.24. The van der Waals surface area contributed by atoms with Crippen molar-refractivity contribution in [3.05, 3.63) is 41.5 Å². The Balaban J connectivity index is 1.71. The van der Waals surface area contributed by atoms with Crippen molar-refractivity contribution < 1.29 is 23.9 Å². The maximum atomic E-state index is 13.6. The first kappa shape index (κ1) is 20.0. The molecule has 3 saturated heterocycles. The predicted molar refractivity (Wildman–Crippen MR) is 112 cm³/mol. The van der Waals surface area contributed by atoms with Gasteiger partial charge in [-0.3, -0.25) is 19.2 Å². The van der Waals surface area contributed by atoms with Crippen LogP contribution in [-0.4, -0.2) is 48.8 Å². The van der Waals surface area contributed by atoms with Crippen LogP contribution in [-0.2, 0) is 23.9 Å². The molecule has 1 aromatic rings. The summed E-state index contributed by atoms with van der Waals surface area (Å²) in [5.41, 5.74) is 1.61. The first-order valence-electron chi connectivity index (χ1n) is 10.7. The summed E-state index contributed by atoms with van der Waals surface area (Å²) >= 11 is 0. The Morgan fingerprint density at radius 2 is 1.65 bits per heavy atom. The SMILES string of the molecule is COC(=O)[C@]12CC(C)=C(C)C[C@@H]1[C@H]1[C@@H]3C(=O)N(c4ccccc4)C(=O)[C@H]3[C@H]2C(=O)N1C. The zero-order valence-electron chi connectivity index (χ0n) is 18.1. The number of rotatable bonds is 2. The van der Waals surface area contributed by atoms with Crippen molar-refractivity contribution in [1.29, 1.82) is 0 Å². The average Bonchev–Trinajstić information content (AvgIpc) is 3.02. The van der Waals surface area contributed by atoms with Crippen molar-refractivity contribution in [2.24, 2.45) is 29.1 Å². The third-order valence-electron chi connectivity index (χ3n) is 8.21. The summed E-state index contributed by atoms with van der Waals surface area (Å²) in [6.45, 7) is 4.01. The number of piperidine rings is 2. The van der Waals surface area contributed by atoms with E-state index >= 15 is 0 Å². The van der Waals surface area contributed by atoms with Gasteiger partial charge < -0.3 is 9.64 Å². The molecular weight excluding hydrogens is 396 g/mol. The molecular formula is C24H26N2O5. The number of esters is 1. The van der Waals surface area contributed by atoms with E-state index in [-0.39, 0.29) is 23.6 Å². The van der Waals surface area contributed by atoms with Crippen LogP contribution in [0.2, 0.25) is 0 Å². The number of hydrogen-bond acceptors (Lipinski definition) is 5. The van der Waals surface area contributed by atoms with Crippen LogP contribution in [0.3, 0.4) is 0 Å². The summed E-state index contributed by atoms with van der Waals surface area (Å²) in [4.78, 5) is 56.9. The molecule has 1 aromatic carbocycles. The lowest BCUT2D eigenvalue weighted by atomic mass is 9.44. The molecule has 0 spiro atoms. The second-order valence-corrected chi connectivity index (χ2v) is 9.40. The highest BCUT2D eigenvalue weighted by Gasteiger charge is 2.76. The normalized spacial score (nSPS) is 36.6. The van der Waals surface area contributed by atoms with Crippen molar-refractivity contribution in [3.8, 4) is 0 Å². The fourth-order valence-corrected chi connectivity index (χ4v) is 6.79. The molecule has 3 aliphatic heterocycles. The van der Waals surface area contributed by atoms with E-state index in [9.17, 15) is 19.2 Å². The first-order valence-corrected chi connectivity index (χ1v) is 10.7. The minimum Gasteiger partial charge on any atom is -0.469 e. The molecule has 3 amide bonds. The lowest BCUT2D eigenvalue weighted by Gasteiger charge is -2.62. The Hall–Kier alpha value is -2.96. The number of para-hydroxylation sites is 1. The zero-order valence-corrected chi connectivity index (χ0v) is 18.1. The van der Waals surface area contributed by atoms with Crippen LogP contribution in [0.4, 0.5) is 5.69 Å². The van der Waals surface area contributed by atoms with Crippen LogP contribution in [0.25, 0.3) is 0 Å². The lowest BCUT2D eigenvalue weighted by Crippen LogP contribution is -2.74. The summed E-state index contributed by atoms with van der Waals surface area (Å²) in [5, 5.41) is 0. The van der Waals surface area contributed by atoms with Crippen LogP contribution >= 0.6 is 0 Å². The molecule has 6 rings (SSSR count). The molecule has 0 N–H and O–H groups in total. The van der Waals surface area contributed by atoms with Crippen molar-refractivity contribution in [3.63, 3.8) is 0 Å². The van der Waals surface area contributed by atoms with Crippen molar-refractivity contribution >= 4 is 29.4 Å². The Bertz CT molecular complexity index is 1050. The number of hydrogen-bond donors (Lipinski definition) is 0. The van der Waals surface area contributed by atoms with E-state index in [1.807, 2.05) is 19.9 Å². The molecule has 1 saturated carbocycles. The van der Waals surface area contributed by atoms with E-state index in [2.05, 4.69) is 0 Å². The topological polar surface area (TPSA) is 84.0 Å². The van der Waals surface area contributed by atoms with Gasteiger partial charge >= 0.3 is 5.97 Å². The van der Waals surface area contributed by atoms with Gasteiger partial charge in [0.2, 0.25) is 17.7 Å². The summed E-state index contributed by atoms with van der Waals surface area (Å²) < 4.78 is 5.25. The number of carbonyl (C=O) groups excluding carboxylic acids is 4. The molecule has 4 fully saturated rings. The van der Waals surface area contributed by atoms with Gasteiger partial charge in [0.05, 0.1) is 36.0 Å². The van der Waals surface area contributed by atoms with E-state index in [1.165, 1.54) is 17.6 Å². The fourth-order valence-electron chi connectivity index (χ4n) is 6.79.